The van der Waals surface area contributed by atoms with Crippen LogP contribution in [0.3, 0.4) is 0 Å². The van der Waals surface area contributed by atoms with Crippen LogP contribution >= 0.6 is 0 Å². The van der Waals surface area contributed by atoms with Gasteiger partial charge in [0.2, 0.25) is 5.76 Å². The van der Waals surface area contributed by atoms with Crippen LogP contribution in [0.15, 0.2) is 53.1 Å². The third-order valence-corrected chi connectivity index (χ3v) is 3.05. The molecule has 100 valence electrons. The highest BCUT2D eigenvalue weighted by Crippen LogP contribution is 2.28. The number of nitrogens with zero attached hydrogens (tertiary/aromatic N) is 1. The molecule has 0 amide bonds. The summed E-state index contributed by atoms with van der Waals surface area (Å²) in [7, 11) is 0. The fourth-order valence-corrected chi connectivity index (χ4v) is 2.15. The molecule has 0 saturated heterocycles. The quantitative estimate of drug-likeness (QED) is 0.679. The second kappa shape index (κ2) is 5.17. The van der Waals surface area contributed by atoms with Crippen LogP contribution in [0.2, 0.25) is 0 Å². The maximum atomic E-state index is 11.6. The number of ether oxygens (including phenoxy) is 1. The predicted molar refractivity (Wildman–Crippen MR) is 75.4 cm³/mol. The second-order valence-electron chi connectivity index (χ2n) is 4.32. The molecule has 0 unspecified atom stereocenters. The fraction of sp³-hybridized carbons (Fsp3) is 0.125. The van der Waals surface area contributed by atoms with Gasteiger partial charge in [0.25, 0.3) is 0 Å². The number of hydrogen-bond acceptors (Lipinski definition) is 4. The number of hydrogen-bond donors (Lipinski definition) is 0. The fourth-order valence-electron chi connectivity index (χ4n) is 2.15. The van der Waals surface area contributed by atoms with Crippen molar-refractivity contribution in [1.29, 1.82) is 0 Å². The molecule has 20 heavy (non-hydrogen) atoms. The summed E-state index contributed by atoms with van der Waals surface area (Å²) < 4.78 is 9.95. The van der Waals surface area contributed by atoms with E-state index in [-0.39, 0.29) is 5.76 Å². The van der Waals surface area contributed by atoms with E-state index in [0.717, 1.165) is 16.3 Å². The Balaban J connectivity index is 2.06. The van der Waals surface area contributed by atoms with E-state index in [0.29, 0.717) is 12.3 Å². The number of carbonyl (C=O) groups excluding carboxylic acids is 1. The maximum Gasteiger partial charge on any atom is 0.377 e. The molecular weight excluding hydrogens is 254 g/mol. The molecule has 1 heterocycles. The molecule has 3 aromatic rings. The SMILES string of the molecule is CCOC(=O)c1cc(-c2cccc3ccccc23)no1. The number of carbonyl (C=O) groups is 1. The second-order valence-corrected chi connectivity index (χ2v) is 4.32. The minimum absolute atomic E-state index is 0.120. The Bertz CT molecular complexity index is 756. The van der Waals surface area contributed by atoms with Crippen molar-refractivity contribution >= 4 is 16.7 Å². The van der Waals surface area contributed by atoms with Gasteiger partial charge in [-0.2, -0.15) is 0 Å². The highest BCUT2D eigenvalue weighted by atomic mass is 16.6. The monoisotopic (exact) mass is 267 g/mol. The van der Waals surface area contributed by atoms with Gasteiger partial charge in [-0.25, -0.2) is 4.79 Å². The van der Waals surface area contributed by atoms with Gasteiger partial charge in [-0.15, -0.1) is 0 Å². The third kappa shape index (κ3) is 2.16. The van der Waals surface area contributed by atoms with Crippen molar-refractivity contribution in [2.45, 2.75) is 6.92 Å². The van der Waals surface area contributed by atoms with Gasteiger partial charge in [0.15, 0.2) is 0 Å². The molecule has 0 fully saturated rings. The van der Waals surface area contributed by atoms with E-state index in [1.54, 1.807) is 13.0 Å². The van der Waals surface area contributed by atoms with E-state index in [2.05, 4.69) is 5.16 Å². The lowest BCUT2D eigenvalue weighted by Gasteiger charge is -2.02. The highest BCUT2D eigenvalue weighted by Gasteiger charge is 2.15. The van der Waals surface area contributed by atoms with E-state index in [1.807, 2.05) is 42.5 Å². The summed E-state index contributed by atoms with van der Waals surface area (Å²) in [4.78, 5) is 11.6. The van der Waals surface area contributed by atoms with Gasteiger partial charge < -0.3 is 9.26 Å². The predicted octanol–water partition coefficient (Wildman–Crippen LogP) is 3.67. The van der Waals surface area contributed by atoms with Gasteiger partial charge in [-0.05, 0) is 17.7 Å². The normalized spacial score (nSPS) is 10.7. The first-order valence-electron chi connectivity index (χ1n) is 6.41. The molecule has 0 spiro atoms. The summed E-state index contributed by atoms with van der Waals surface area (Å²) in [6.45, 7) is 2.06. The zero-order valence-corrected chi connectivity index (χ0v) is 11.0. The minimum atomic E-state index is -0.494. The van der Waals surface area contributed by atoms with Crippen molar-refractivity contribution in [3.8, 4) is 11.3 Å². The van der Waals surface area contributed by atoms with Crippen LogP contribution in [0, 0.1) is 0 Å². The average Bonchev–Trinajstić information content (AvgIpc) is 2.97. The molecule has 4 heteroatoms. The summed E-state index contributed by atoms with van der Waals surface area (Å²) in [5.74, 6) is -0.374. The van der Waals surface area contributed by atoms with E-state index < -0.39 is 5.97 Å². The largest absolute Gasteiger partial charge is 0.460 e. The molecule has 3 rings (SSSR count). The van der Waals surface area contributed by atoms with Crippen LogP contribution < -0.4 is 0 Å². The van der Waals surface area contributed by atoms with Crippen LogP contribution in [0.4, 0.5) is 0 Å². The number of rotatable bonds is 3. The van der Waals surface area contributed by atoms with E-state index in [4.69, 9.17) is 9.26 Å². The smallest absolute Gasteiger partial charge is 0.377 e. The topological polar surface area (TPSA) is 52.3 Å². The highest BCUT2D eigenvalue weighted by molar-refractivity contribution is 5.96. The first kappa shape index (κ1) is 12.4. The summed E-state index contributed by atoms with van der Waals surface area (Å²) >= 11 is 0. The molecular formula is C16H13NO3. The first-order chi connectivity index (χ1) is 9.79. The number of fused-ring (bicyclic) bond motifs is 1. The Morgan fingerprint density at radius 3 is 2.85 bits per heavy atom. The van der Waals surface area contributed by atoms with Gasteiger partial charge in [0.1, 0.15) is 5.69 Å². The van der Waals surface area contributed by atoms with Gasteiger partial charge in [0, 0.05) is 11.6 Å². The van der Waals surface area contributed by atoms with Gasteiger partial charge in [-0.1, -0.05) is 47.6 Å². The molecule has 0 aliphatic heterocycles. The Kier molecular flexibility index (Phi) is 3.21. The number of esters is 1. The third-order valence-electron chi connectivity index (χ3n) is 3.05. The van der Waals surface area contributed by atoms with Gasteiger partial charge in [-0.3, -0.25) is 0 Å². The molecule has 0 N–H and O–H groups in total. The standard InChI is InChI=1S/C16H13NO3/c1-2-19-16(18)15-10-14(17-20-15)13-9-5-7-11-6-3-4-8-12(11)13/h3-10H,2H2,1H3. The van der Waals surface area contributed by atoms with E-state index >= 15 is 0 Å². The lowest BCUT2D eigenvalue weighted by Crippen LogP contribution is -2.02. The molecule has 1 aromatic heterocycles. The minimum Gasteiger partial charge on any atom is -0.460 e. The van der Waals surface area contributed by atoms with Crippen LogP contribution in [0.5, 0.6) is 0 Å². The van der Waals surface area contributed by atoms with Crippen LogP contribution in [-0.2, 0) is 4.74 Å². The Hall–Kier alpha value is -2.62. The zero-order chi connectivity index (χ0) is 13.9. The van der Waals surface area contributed by atoms with E-state index in [9.17, 15) is 4.79 Å². The first-order valence-corrected chi connectivity index (χ1v) is 6.41. The molecule has 0 radical (unpaired) electrons. The maximum absolute atomic E-state index is 11.6. The average molecular weight is 267 g/mol. The molecule has 0 bridgehead atoms. The lowest BCUT2D eigenvalue weighted by atomic mass is 10.0. The molecule has 2 aromatic carbocycles. The van der Waals surface area contributed by atoms with Crippen molar-refractivity contribution in [3.05, 3.63) is 54.3 Å². The zero-order valence-electron chi connectivity index (χ0n) is 11.0. The van der Waals surface area contributed by atoms with Gasteiger partial charge in [0.05, 0.1) is 6.61 Å². The molecule has 0 aliphatic carbocycles. The lowest BCUT2D eigenvalue weighted by molar-refractivity contribution is 0.0480. The van der Waals surface area contributed by atoms with Crippen molar-refractivity contribution in [2.75, 3.05) is 6.61 Å². The van der Waals surface area contributed by atoms with Crippen molar-refractivity contribution in [1.82, 2.24) is 5.16 Å². The van der Waals surface area contributed by atoms with Crippen LogP contribution in [-0.4, -0.2) is 17.7 Å². The Labute approximate surface area is 116 Å². The van der Waals surface area contributed by atoms with Crippen LogP contribution in [0.1, 0.15) is 17.5 Å². The van der Waals surface area contributed by atoms with E-state index in [1.165, 1.54) is 0 Å². The summed E-state index contributed by atoms with van der Waals surface area (Å²) in [6.07, 6.45) is 0. The summed E-state index contributed by atoms with van der Waals surface area (Å²) in [6, 6.07) is 15.6. The van der Waals surface area contributed by atoms with Crippen molar-refractivity contribution in [2.24, 2.45) is 0 Å². The molecule has 4 nitrogen and oxygen atoms in total. The van der Waals surface area contributed by atoms with Crippen molar-refractivity contribution in [3.63, 3.8) is 0 Å². The summed E-state index contributed by atoms with van der Waals surface area (Å²) in [5, 5.41) is 6.15. The van der Waals surface area contributed by atoms with Crippen molar-refractivity contribution < 1.29 is 14.1 Å². The van der Waals surface area contributed by atoms with Gasteiger partial charge >= 0.3 is 5.97 Å². The number of aromatic nitrogens is 1. The Morgan fingerprint density at radius 2 is 2.00 bits per heavy atom. The molecule has 0 saturated carbocycles. The number of benzene rings is 2. The Morgan fingerprint density at radius 1 is 1.20 bits per heavy atom. The molecule has 0 atom stereocenters. The summed E-state index contributed by atoms with van der Waals surface area (Å²) in [5.41, 5.74) is 1.56. The van der Waals surface area contributed by atoms with Crippen LogP contribution in [0.25, 0.3) is 22.0 Å². The molecule has 0 aliphatic rings.